The molecule has 0 radical (unpaired) electrons. The van der Waals surface area contributed by atoms with E-state index in [0.717, 1.165) is 6.04 Å². The molecule has 22 heavy (non-hydrogen) atoms. The van der Waals surface area contributed by atoms with Crippen molar-refractivity contribution in [3.05, 3.63) is 22.6 Å². The molecule has 0 aliphatic carbocycles. The predicted octanol–water partition coefficient (Wildman–Crippen LogP) is 1.64. The Kier molecular flexibility index (Phi) is 5.19. The highest BCUT2D eigenvalue weighted by molar-refractivity contribution is 7.80. The Bertz CT molecular complexity index is 707. The molecule has 0 N–H and O–H groups in total. The van der Waals surface area contributed by atoms with Crippen molar-refractivity contribution in [3.63, 3.8) is 0 Å². The van der Waals surface area contributed by atoms with E-state index in [2.05, 4.69) is 47.6 Å². The minimum Gasteiger partial charge on any atom is -0.359 e. The summed E-state index contributed by atoms with van der Waals surface area (Å²) in [6.45, 7) is 7.67. The first-order valence-corrected chi connectivity index (χ1v) is 11.2. The van der Waals surface area contributed by atoms with Crippen LogP contribution in [0.15, 0.2) is 22.2 Å². The quantitative estimate of drug-likeness (QED) is 0.492. The van der Waals surface area contributed by atoms with E-state index < -0.39 is 8.07 Å². The van der Waals surface area contributed by atoms with Gasteiger partial charge in [0, 0.05) is 33.4 Å². The van der Waals surface area contributed by atoms with Crippen LogP contribution in [0.1, 0.15) is 0 Å². The van der Waals surface area contributed by atoms with Crippen molar-refractivity contribution in [3.8, 4) is 11.4 Å². The molecule has 0 unspecified atom stereocenters. The van der Waals surface area contributed by atoms with E-state index in [-0.39, 0.29) is 12.3 Å². The van der Waals surface area contributed by atoms with Gasteiger partial charge in [-0.25, -0.2) is 4.68 Å². The Morgan fingerprint density at radius 3 is 2.59 bits per heavy atom. The van der Waals surface area contributed by atoms with E-state index in [4.69, 9.17) is 4.74 Å². The Morgan fingerprint density at radius 1 is 1.32 bits per heavy atom. The molecule has 2 aromatic heterocycles. The number of thiol groups is 1. The largest absolute Gasteiger partial charge is 0.359 e. The standard InChI is InChI=1S/C13H21N5O2SSi/c1-17-12(15-16-13(17)21)10-7-11(19)18(14-8-10)9-20-5-6-22(2,3)4/h7-8H,5-6,9H2,1-4H3,(H,16,21). The molecule has 0 spiro atoms. The van der Waals surface area contributed by atoms with Crippen LogP contribution in [0.3, 0.4) is 0 Å². The molecule has 0 saturated heterocycles. The van der Waals surface area contributed by atoms with Crippen molar-refractivity contribution >= 4 is 20.7 Å². The minimum absolute atomic E-state index is 0.167. The molecule has 0 atom stereocenters. The lowest BCUT2D eigenvalue weighted by Crippen LogP contribution is -2.26. The van der Waals surface area contributed by atoms with Gasteiger partial charge in [-0.05, 0) is 6.04 Å². The zero-order valence-corrected chi connectivity index (χ0v) is 15.2. The summed E-state index contributed by atoms with van der Waals surface area (Å²) in [6, 6.07) is 2.54. The first-order valence-electron chi connectivity index (χ1n) is 7.01. The summed E-state index contributed by atoms with van der Waals surface area (Å²) in [7, 11) is 0.656. The lowest BCUT2D eigenvalue weighted by molar-refractivity contribution is 0.0750. The SMILES string of the molecule is Cn1c(S)nnc1-c1cnn(COCC[Si](C)(C)C)c(=O)c1. The van der Waals surface area contributed by atoms with Crippen LogP contribution in [0.5, 0.6) is 0 Å². The molecule has 0 aliphatic rings. The molecule has 2 aromatic rings. The van der Waals surface area contributed by atoms with Gasteiger partial charge in [0.2, 0.25) is 0 Å². The van der Waals surface area contributed by atoms with Crippen LogP contribution in [0, 0.1) is 0 Å². The van der Waals surface area contributed by atoms with Crippen molar-refractivity contribution in [2.45, 2.75) is 37.6 Å². The van der Waals surface area contributed by atoms with Crippen molar-refractivity contribution < 1.29 is 4.74 Å². The molecule has 0 fully saturated rings. The van der Waals surface area contributed by atoms with Gasteiger partial charge in [-0.1, -0.05) is 19.6 Å². The lowest BCUT2D eigenvalue weighted by Gasteiger charge is -2.15. The topological polar surface area (TPSA) is 74.8 Å². The highest BCUT2D eigenvalue weighted by Gasteiger charge is 2.13. The molecule has 9 heteroatoms. The van der Waals surface area contributed by atoms with E-state index in [1.807, 2.05) is 0 Å². The third-order valence-electron chi connectivity index (χ3n) is 3.19. The average molecular weight is 339 g/mol. The fourth-order valence-electron chi connectivity index (χ4n) is 1.75. The summed E-state index contributed by atoms with van der Waals surface area (Å²) in [5, 5.41) is 12.4. The highest BCUT2D eigenvalue weighted by Crippen LogP contribution is 2.15. The van der Waals surface area contributed by atoms with E-state index in [0.29, 0.717) is 23.2 Å². The summed E-state index contributed by atoms with van der Waals surface area (Å²) in [6.07, 6.45) is 1.58. The number of rotatable bonds is 6. The molecule has 7 nitrogen and oxygen atoms in total. The number of aromatic nitrogens is 5. The molecule has 0 amide bonds. The Balaban J connectivity index is 2.04. The second-order valence-corrected chi connectivity index (χ2v) is 12.3. The number of nitrogens with zero attached hydrogens (tertiary/aromatic N) is 5. The summed E-state index contributed by atoms with van der Waals surface area (Å²) in [5.74, 6) is 0.557. The molecule has 0 bridgehead atoms. The number of ether oxygens (including phenoxy) is 1. The van der Waals surface area contributed by atoms with Gasteiger partial charge >= 0.3 is 0 Å². The summed E-state index contributed by atoms with van der Waals surface area (Å²) in [4.78, 5) is 12.1. The second kappa shape index (κ2) is 6.76. The fraction of sp³-hybridized carbons (Fsp3) is 0.538. The van der Waals surface area contributed by atoms with Crippen molar-refractivity contribution in [2.75, 3.05) is 6.61 Å². The number of hydrogen-bond acceptors (Lipinski definition) is 6. The minimum atomic E-state index is -1.12. The molecular formula is C13H21N5O2SSi. The molecule has 2 rings (SSSR count). The zero-order chi connectivity index (χ0) is 16.3. The average Bonchev–Trinajstić information content (AvgIpc) is 2.75. The van der Waals surface area contributed by atoms with Crippen LogP contribution >= 0.6 is 12.6 Å². The maximum atomic E-state index is 12.1. The predicted molar refractivity (Wildman–Crippen MR) is 89.9 cm³/mol. The van der Waals surface area contributed by atoms with Crippen LogP contribution in [0.25, 0.3) is 11.4 Å². The Hall–Kier alpha value is -1.45. The van der Waals surface area contributed by atoms with E-state index in [9.17, 15) is 4.79 Å². The molecule has 120 valence electrons. The van der Waals surface area contributed by atoms with Gasteiger partial charge in [-0.2, -0.15) is 5.10 Å². The summed E-state index contributed by atoms with van der Waals surface area (Å²) in [5.41, 5.74) is 0.382. The highest BCUT2D eigenvalue weighted by atomic mass is 32.1. The van der Waals surface area contributed by atoms with Gasteiger partial charge in [-0.15, -0.1) is 22.8 Å². The van der Waals surface area contributed by atoms with Crippen molar-refractivity contribution in [1.82, 2.24) is 24.5 Å². The Morgan fingerprint density at radius 2 is 2.05 bits per heavy atom. The lowest BCUT2D eigenvalue weighted by atomic mass is 10.3. The normalized spacial score (nSPS) is 11.9. The monoisotopic (exact) mass is 339 g/mol. The van der Waals surface area contributed by atoms with Crippen molar-refractivity contribution in [2.24, 2.45) is 7.05 Å². The van der Waals surface area contributed by atoms with Gasteiger partial charge in [-0.3, -0.25) is 4.79 Å². The van der Waals surface area contributed by atoms with Crippen molar-refractivity contribution in [1.29, 1.82) is 0 Å². The van der Waals surface area contributed by atoms with Crippen LogP contribution < -0.4 is 5.56 Å². The molecule has 0 saturated carbocycles. The van der Waals surface area contributed by atoms with Gasteiger partial charge in [0.15, 0.2) is 11.0 Å². The molecular weight excluding hydrogens is 318 g/mol. The molecule has 2 heterocycles. The Labute approximate surface area is 135 Å². The fourth-order valence-corrected chi connectivity index (χ4v) is 2.65. The molecule has 0 aromatic carbocycles. The van der Waals surface area contributed by atoms with E-state index in [1.165, 1.54) is 10.7 Å². The van der Waals surface area contributed by atoms with Crippen LogP contribution in [0.4, 0.5) is 0 Å². The van der Waals surface area contributed by atoms with Gasteiger partial charge < -0.3 is 9.30 Å². The second-order valence-electron chi connectivity index (χ2n) is 6.31. The third kappa shape index (κ3) is 4.28. The van der Waals surface area contributed by atoms with Gasteiger partial charge in [0.25, 0.3) is 5.56 Å². The maximum Gasteiger partial charge on any atom is 0.269 e. The van der Waals surface area contributed by atoms with E-state index >= 15 is 0 Å². The maximum absolute atomic E-state index is 12.1. The molecule has 0 aliphatic heterocycles. The van der Waals surface area contributed by atoms with Gasteiger partial charge in [0.05, 0.1) is 6.20 Å². The summed E-state index contributed by atoms with van der Waals surface area (Å²) >= 11 is 4.16. The number of hydrogen-bond donors (Lipinski definition) is 1. The van der Waals surface area contributed by atoms with Crippen LogP contribution in [0.2, 0.25) is 25.7 Å². The first-order chi connectivity index (χ1) is 10.3. The van der Waals surface area contributed by atoms with Crippen LogP contribution in [-0.2, 0) is 18.5 Å². The zero-order valence-electron chi connectivity index (χ0n) is 13.3. The van der Waals surface area contributed by atoms with Gasteiger partial charge in [0.1, 0.15) is 6.73 Å². The summed E-state index contributed by atoms with van der Waals surface area (Å²) < 4.78 is 8.53. The first kappa shape index (κ1) is 16.9. The third-order valence-corrected chi connectivity index (χ3v) is 5.28. The van der Waals surface area contributed by atoms with Crippen LogP contribution in [-0.4, -0.2) is 39.2 Å². The van der Waals surface area contributed by atoms with E-state index in [1.54, 1.807) is 17.8 Å². The smallest absolute Gasteiger partial charge is 0.269 e.